The van der Waals surface area contributed by atoms with Crippen LogP contribution in [0.3, 0.4) is 0 Å². The van der Waals surface area contributed by atoms with Crippen molar-refractivity contribution in [1.29, 1.82) is 0 Å². The first-order chi connectivity index (χ1) is 14.2. The Morgan fingerprint density at radius 3 is 2.47 bits per heavy atom. The number of oxazole rings is 1. The number of carbonyl (C=O) groups excluding carboxylic acids is 1. The molecular weight excluding hydrogens is 440 g/mol. The third-order valence-corrected chi connectivity index (χ3v) is 5.84. The van der Waals surface area contributed by atoms with E-state index in [1.807, 2.05) is 0 Å². The smallest absolute Gasteiger partial charge is 0.420 e. The summed E-state index contributed by atoms with van der Waals surface area (Å²) < 4.78 is 49.0. The van der Waals surface area contributed by atoms with Crippen molar-refractivity contribution in [2.45, 2.75) is 11.4 Å². The standard InChI is InChI=1S/C18H17ClN2O8S/c1-26-14-8-15(27-2)12(7-11(14)19)20-30(24,25)10-4-5-13-16(6-10)29-18(23)21(13)9-17(22)28-3/h4-8,20H,9H2,1-3H3. The minimum atomic E-state index is -4.10. The van der Waals surface area contributed by atoms with Crippen LogP contribution >= 0.6 is 11.6 Å². The van der Waals surface area contributed by atoms with Crippen molar-refractivity contribution in [3.8, 4) is 11.5 Å². The van der Waals surface area contributed by atoms with Crippen LogP contribution in [0, 0.1) is 0 Å². The summed E-state index contributed by atoms with van der Waals surface area (Å²) in [5.41, 5.74) is 0.328. The number of anilines is 1. The van der Waals surface area contributed by atoms with Gasteiger partial charge in [0, 0.05) is 12.1 Å². The van der Waals surface area contributed by atoms with E-state index in [0.717, 1.165) is 4.57 Å². The van der Waals surface area contributed by atoms with Crippen LogP contribution in [0.5, 0.6) is 11.5 Å². The number of nitrogens with one attached hydrogen (secondary N) is 1. The predicted octanol–water partition coefficient (Wildman–Crippen LogP) is 2.24. The Morgan fingerprint density at radius 1 is 1.13 bits per heavy atom. The third kappa shape index (κ3) is 4.07. The maximum atomic E-state index is 12.9. The van der Waals surface area contributed by atoms with E-state index < -0.39 is 21.7 Å². The zero-order valence-corrected chi connectivity index (χ0v) is 17.7. The first-order valence-corrected chi connectivity index (χ1v) is 10.2. The first-order valence-electron chi connectivity index (χ1n) is 8.34. The molecule has 10 nitrogen and oxygen atoms in total. The second-order valence-corrected chi connectivity index (χ2v) is 8.04. The Labute approximate surface area is 175 Å². The van der Waals surface area contributed by atoms with E-state index in [0.29, 0.717) is 5.75 Å². The van der Waals surface area contributed by atoms with Gasteiger partial charge in [-0.15, -0.1) is 0 Å². The topological polar surface area (TPSA) is 126 Å². The van der Waals surface area contributed by atoms with Crippen LogP contribution in [0.2, 0.25) is 5.02 Å². The van der Waals surface area contributed by atoms with E-state index in [-0.39, 0.29) is 39.0 Å². The molecule has 2 aromatic carbocycles. The molecule has 3 aromatic rings. The quantitative estimate of drug-likeness (QED) is 0.536. The van der Waals surface area contributed by atoms with Crippen LogP contribution in [0.15, 0.2) is 44.4 Å². The summed E-state index contributed by atoms with van der Waals surface area (Å²) >= 11 is 6.08. The maximum absolute atomic E-state index is 12.9. The van der Waals surface area contributed by atoms with E-state index in [4.69, 9.17) is 25.5 Å². The Morgan fingerprint density at radius 2 is 1.83 bits per heavy atom. The largest absolute Gasteiger partial charge is 0.495 e. The predicted molar refractivity (Wildman–Crippen MR) is 108 cm³/mol. The molecule has 12 heteroatoms. The number of ether oxygens (including phenoxy) is 3. The van der Waals surface area contributed by atoms with Gasteiger partial charge in [-0.25, -0.2) is 13.2 Å². The molecule has 0 saturated carbocycles. The molecule has 0 unspecified atom stereocenters. The lowest BCUT2D eigenvalue weighted by atomic mass is 10.3. The fourth-order valence-corrected chi connectivity index (χ4v) is 4.02. The second kappa shape index (κ2) is 8.28. The summed E-state index contributed by atoms with van der Waals surface area (Å²) in [7, 11) is -0.128. The highest BCUT2D eigenvalue weighted by Gasteiger charge is 2.21. The zero-order valence-electron chi connectivity index (χ0n) is 16.1. The number of nitrogens with zero attached hydrogens (tertiary/aromatic N) is 1. The molecule has 3 rings (SSSR count). The molecule has 1 aromatic heterocycles. The summed E-state index contributed by atoms with van der Waals surface area (Å²) in [5, 5.41) is 0.178. The van der Waals surface area contributed by atoms with E-state index >= 15 is 0 Å². The van der Waals surface area contributed by atoms with Crippen molar-refractivity contribution in [2.24, 2.45) is 0 Å². The van der Waals surface area contributed by atoms with Gasteiger partial charge in [0.05, 0.1) is 42.5 Å². The van der Waals surface area contributed by atoms with Crippen molar-refractivity contribution >= 4 is 44.4 Å². The molecule has 0 spiro atoms. The van der Waals surface area contributed by atoms with Crippen molar-refractivity contribution in [3.63, 3.8) is 0 Å². The van der Waals surface area contributed by atoms with Crippen molar-refractivity contribution in [2.75, 3.05) is 26.1 Å². The Kier molecular flexibility index (Phi) is 5.94. The molecule has 0 fully saturated rings. The zero-order chi connectivity index (χ0) is 22.1. The Hall–Kier alpha value is -3.18. The summed E-state index contributed by atoms with van der Waals surface area (Å²) in [6.07, 6.45) is 0. The third-order valence-electron chi connectivity index (χ3n) is 4.18. The molecule has 0 aliphatic rings. The lowest BCUT2D eigenvalue weighted by Gasteiger charge is -2.14. The second-order valence-electron chi connectivity index (χ2n) is 5.95. The van der Waals surface area contributed by atoms with Gasteiger partial charge in [-0.2, -0.15) is 0 Å². The number of halogens is 1. The number of rotatable bonds is 7. The monoisotopic (exact) mass is 456 g/mol. The van der Waals surface area contributed by atoms with E-state index in [2.05, 4.69) is 9.46 Å². The van der Waals surface area contributed by atoms with Gasteiger partial charge in [-0.05, 0) is 18.2 Å². The number of sulfonamides is 1. The van der Waals surface area contributed by atoms with Crippen LogP contribution in [0.25, 0.3) is 11.1 Å². The molecule has 0 aliphatic heterocycles. The number of benzene rings is 2. The minimum Gasteiger partial charge on any atom is -0.495 e. The number of aromatic nitrogens is 1. The van der Waals surface area contributed by atoms with E-state index in [1.165, 1.54) is 51.7 Å². The van der Waals surface area contributed by atoms with Crippen LogP contribution in [-0.4, -0.2) is 40.3 Å². The Bertz CT molecular complexity index is 1280. The van der Waals surface area contributed by atoms with Gasteiger partial charge in [-0.3, -0.25) is 14.1 Å². The van der Waals surface area contributed by atoms with Gasteiger partial charge in [0.1, 0.15) is 18.0 Å². The summed E-state index contributed by atoms with van der Waals surface area (Å²) in [6.45, 7) is -0.367. The number of carbonyl (C=O) groups is 1. The lowest BCUT2D eigenvalue weighted by molar-refractivity contribution is -0.141. The molecule has 0 saturated heterocycles. The van der Waals surface area contributed by atoms with Gasteiger partial charge in [0.2, 0.25) is 0 Å². The van der Waals surface area contributed by atoms with Crippen LogP contribution in [0.1, 0.15) is 0 Å². The van der Waals surface area contributed by atoms with Crippen molar-refractivity contribution < 1.29 is 31.8 Å². The molecule has 0 atom stereocenters. The number of esters is 1. The van der Waals surface area contributed by atoms with Gasteiger partial charge >= 0.3 is 11.7 Å². The van der Waals surface area contributed by atoms with Gasteiger partial charge < -0.3 is 18.6 Å². The van der Waals surface area contributed by atoms with Crippen molar-refractivity contribution in [1.82, 2.24) is 4.57 Å². The molecule has 1 N–H and O–H groups in total. The SMILES string of the molecule is COC(=O)Cn1c(=O)oc2cc(S(=O)(=O)Nc3cc(Cl)c(OC)cc3OC)ccc21. The molecule has 30 heavy (non-hydrogen) atoms. The number of hydrogen-bond donors (Lipinski definition) is 1. The normalized spacial score (nSPS) is 11.3. The van der Waals surface area contributed by atoms with Gasteiger partial charge in [0.25, 0.3) is 10.0 Å². The van der Waals surface area contributed by atoms with E-state index in [9.17, 15) is 18.0 Å². The minimum absolute atomic E-state index is 0.00786. The highest BCUT2D eigenvalue weighted by molar-refractivity contribution is 7.92. The van der Waals surface area contributed by atoms with E-state index in [1.54, 1.807) is 0 Å². The van der Waals surface area contributed by atoms with Crippen LogP contribution < -0.4 is 20.0 Å². The molecule has 0 amide bonds. The highest BCUT2D eigenvalue weighted by atomic mass is 35.5. The average Bonchev–Trinajstić information content (AvgIpc) is 3.02. The van der Waals surface area contributed by atoms with Crippen LogP contribution in [0.4, 0.5) is 5.69 Å². The summed E-state index contributed by atoms with van der Waals surface area (Å²) in [5.74, 6) is -0.966. The average molecular weight is 457 g/mol. The molecule has 160 valence electrons. The number of hydrogen-bond acceptors (Lipinski definition) is 8. The molecule has 0 bridgehead atoms. The summed E-state index contributed by atoms with van der Waals surface area (Å²) in [4.78, 5) is 23.3. The highest BCUT2D eigenvalue weighted by Crippen LogP contribution is 2.37. The number of fused-ring (bicyclic) bond motifs is 1. The lowest BCUT2D eigenvalue weighted by Crippen LogP contribution is -2.20. The van der Waals surface area contributed by atoms with Crippen LogP contribution in [-0.2, 0) is 26.1 Å². The molecule has 0 radical (unpaired) electrons. The first kappa shape index (κ1) is 21.5. The maximum Gasteiger partial charge on any atom is 0.420 e. The van der Waals surface area contributed by atoms with Gasteiger partial charge in [0.15, 0.2) is 5.58 Å². The Balaban J connectivity index is 2.00. The fourth-order valence-electron chi connectivity index (χ4n) is 2.70. The fraction of sp³-hybridized carbons (Fsp3) is 0.222. The van der Waals surface area contributed by atoms with Gasteiger partial charge in [-0.1, -0.05) is 11.6 Å². The summed E-state index contributed by atoms with van der Waals surface area (Å²) in [6, 6.07) is 6.59. The molecule has 0 aliphatic carbocycles. The molecule has 1 heterocycles. The number of methoxy groups -OCH3 is 3. The van der Waals surface area contributed by atoms with Crippen molar-refractivity contribution in [3.05, 3.63) is 45.9 Å². The molecular formula is C18H17ClN2O8S.